The molecule has 26 heavy (non-hydrogen) atoms. The number of oxazole rings is 1. The second kappa shape index (κ2) is 7.12. The van der Waals surface area contributed by atoms with Gasteiger partial charge in [0.1, 0.15) is 5.52 Å². The molecule has 0 saturated carbocycles. The van der Waals surface area contributed by atoms with E-state index < -0.39 is 0 Å². The highest BCUT2D eigenvalue weighted by Gasteiger charge is 2.12. The standard InChI is InChI=1S/C20H11Cl3N2O/c21-13-5-7-15(17(23)9-13)20-25-18-10-14(6-8-19(18)26-20)24-11-12-3-1-2-4-16(12)22/h1-11H. The van der Waals surface area contributed by atoms with Gasteiger partial charge >= 0.3 is 0 Å². The normalized spacial score (nSPS) is 11.5. The maximum atomic E-state index is 6.23. The van der Waals surface area contributed by atoms with E-state index in [1.54, 1.807) is 24.4 Å². The number of aromatic nitrogens is 1. The molecule has 0 unspecified atom stereocenters. The minimum Gasteiger partial charge on any atom is -0.436 e. The molecule has 0 amide bonds. The summed E-state index contributed by atoms with van der Waals surface area (Å²) in [6.45, 7) is 0. The Labute approximate surface area is 164 Å². The van der Waals surface area contributed by atoms with E-state index in [0.29, 0.717) is 37.6 Å². The summed E-state index contributed by atoms with van der Waals surface area (Å²) < 4.78 is 5.80. The molecule has 0 aliphatic heterocycles. The number of nitrogens with zero attached hydrogens (tertiary/aromatic N) is 2. The van der Waals surface area contributed by atoms with Crippen molar-refractivity contribution in [2.75, 3.05) is 0 Å². The quantitative estimate of drug-likeness (QED) is 0.340. The topological polar surface area (TPSA) is 38.4 Å². The first-order valence-corrected chi connectivity index (χ1v) is 8.88. The molecule has 1 aromatic heterocycles. The van der Waals surface area contributed by atoms with E-state index in [9.17, 15) is 0 Å². The fourth-order valence-corrected chi connectivity index (χ4v) is 3.17. The van der Waals surface area contributed by atoms with Gasteiger partial charge in [-0.1, -0.05) is 53.0 Å². The van der Waals surface area contributed by atoms with Crippen LogP contribution in [0.3, 0.4) is 0 Å². The summed E-state index contributed by atoms with van der Waals surface area (Å²) in [5, 5.41) is 1.70. The van der Waals surface area contributed by atoms with Crippen LogP contribution in [0.5, 0.6) is 0 Å². The van der Waals surface area contributed by atoms with Crippen LogP contribution in [0.25, 0.3) is 22.6 Å². The number of rotatable bonds is 3. The number of hydrogen-bond donors (Lipinski definition) is 0. The zero-order valence-electron chi connectivity index (χ0n) is 13.3. The molecule has 0 atom stereocenters. The Hall–Kier alpha value is -2.33. The lowest BCUT2D eigenvalue weighted by Gasteiger charge is -1.98. The molecule has 0 radical (unpaired) electrons. The number of halogens is 3. The van der Waals surface area contributed by atoms with Crippen LogP contribution in [0.15, 0.2) is 70.1 Å². The molecule has 0 aliphatic rings. The first-order chi connectivity index (χ1) is 12.6. The van der Waals surface area contributed by atoms with E-state index in [-0.39, 0.29) is 0 Å². The van der Waals surface area contributed by atoms with Crippen molar-refractivity contribution >= 4 is 57.8 Å². The highest BCUT2D eigenvalue weighted by Crippen LogP contribution is 2.32. The Kier molecular flexibility index (Phi) is 4.68. The van der Waals surface area contributed by atoms with Crippen LogP contribution in [0.4, 0.5) is 5.69 Å². The van der Waals surface area contributed by atoms with Gasteiger partial charge in [0.25, 0.3) is 0 Å². The largest absolute Gasteiger partial charge is 0.436 e. The highest BCUT2D eigenvalue weighted by molar-refractivity contribution is 6.36. The summed E-state index contributed by atoms with van der Waals surface area (Å²) in [4.78, 5) is 8.98. The molecule has 0 N–H and O–H groups in total. The third-order valence-corrected chi connectivity index (χ3v) is 4.68. The average molecular weight is 402 g/mol. The molecule has 3 aromatic carbocycles. The molecular formula is C20H11Cl3N2O. The molecule has 128 valence electrons. The second-order valence-electron chi connectivity index (χ2n) is 5.57. The van der Waals surface area contributed by atoms with Gasteiger partial charge in [-0.05, 0) is 42.5 Å². The van der Waals surface area contributed by atoms with Gasteiger partial charge in [-0.15, -0.1) is 0 Å². The Morgan fingerprint density at radius 2 is 1.73 bits per heavy atom. The third-order valence-electron chi connectivity index (χ3n) is 3.79. The zero-order valence-corrected chi connectivity index (χ0v) is 15.6. The van der Waals surface area contributed by atoms with Crippen LogP contribution in [-0.4, -0.2) is 11.2 Å². The molecule has 0 bridgehead atoms. The number of hydrogen-bond acceptors (Lipinski definition) is 3. The molecule has 0 aliphatic carbocycles. The summed E-state index contributed by atoms with van der Waals surface area (Å²) in [5.41, 5.74) is 3.64. The lowest BCUT2D eigenvalue weighted by molar-refractivity contribution is 0.620. The average Bonchev–Trinajstić information content (AvgIpc) is 3.04. The van der Waals surface area contributed by atoms with Crippen molar-refractivity contribution in [3.05, 3.63) is 81.3 Å². The highest BCUT2D eigenvalue weighted by atomic mass is 35.5. The van der Waals surface area contributed by atoms with Crippen molar-refractivity contribution in [3.8, 4) is 11.5 Å². The van der Waals surface area contributed by atoms with E-state index in [4.69, 9.17) is 39.2 Å². The summed E-state index contributed by atoms with van der Waals surface area (Å²) >= 11 is 18.3. The van der Waals surface area contributed by atoms with E-state index in [0.717, 1.165) is 11.3 Å². The van der Waals surface area contributed by atoms with Crippen LogP contribution in [0.2, 0.25) is 15.1 Å². The predicted molar refractivity (Wildman–Crippen MR) is 108 cm³/mol. The van der Waals surface area contributed by atoms with Crippen molar-refractivity contribution in [1.82, 2.24) is 4.98 Å². The maximum Gasteiger partial charge on any atom is 0.228 e. The fourth-order valence-electron chi connectivity index (χ4n) is 2.50. The first kappa shape index (κ1) is 17.1. The maximum absolute atomic E-state index is 6.23. The van der Waals surface area contributed by atoms with Crippen LogP contribution >= 0.6 is 34.8 Å². The third kappa shape index (κ3) is 3.47. The minimum atomic E-state index is 0.439. The van der Waals surface area contributed by atoms with Gasteiger partial charge in [-0.25, -0.2) is 4.98 Å². The van der Waals surface area contributed by atoms with Crippen LogP contribution in [0.1, 0.15) is 5.56 Å². The van der Waals surface area contributed by atoms with Gasteiger partial charge in [0.2, 0.25) is 5.89 Å². The van der Waals surface area contributed by atoms with Crippen LogP contribution < -0.4 is 0 Å². The minimum absolute atomic E-state index is 0.439. The number of benzene rings is 3. The smallest absolute Gasteiger partial charge is 0.228 e. The summed E-state index contributed by atoms with van der Waals surface area (Å²) in [6, 6.07) is 18.2. The zero-order chi connectivity index (χ0) is 18.1. The van der Waals surface area contributed by atoms with Crippen molar-refractivity contribution in [1.29, 1.82) is 0 Å². The van der Waals surface area contributed by atoms with Crippen molar-refractivity contribution in [2.24, 2.45) is 4.99 Å². The fraction of sp³-hybridized carbons (Fsp3) is 0. The summed E-state index contributed by atoms with van der Waals surface area (Å²) in [5.74, 6) is 0.439. The summed E-state index contributed by atoms with van der Waals surface area (Å²) in [6.07, 6.45) is 1.72. The molecule has 1 heterocycles. The molecular weight excluding hydrogens is 391 g/mol. The SMILES string of the molecule is Clc1ccc(-c2nc3cc(N=Cc4ccccc4Cl)ccc3o2)c(Cl)c1. The molecule has 6 heteroatoms. The predicted octanol–water partition coefficient (Wildman–Crippen LogP) is 7.21. The number of fused-ring (bicyclic) bond motifs is 1. The Morgan fingerprint density at radius 1 is 0.885 bits per heavy atom. The molecule has 4 rings (SSSR count). The van der Waals surface area contributed by atoms with Crippen molar-refractivity contribution in [2.45, 2.75) is 0 Å². The van der Waals surface area contributed by atoms with Crippen LogP contribution in [-0.2, 0) is 0 Å². The van der Waals surface area contributed by atoms with Crippen molar-refractivity contribution < 1.29 is 4.42 Å². The Bertz CT molecular complexity index is 1140. The molecule has 0 saturated heterocycles. The second-order valence-corrected chi connectivity index (χ2v) is 6.83. The van der Waals surface area contributed by atoms with Crippen LogP contribution in [0, 0.1) is 0 Å². The van der Waals surface area contributed by atoms with Gasteiger partial charge in [0.05, 0.1) is 16.3 Å². The Balaban J connectivity index is 1.69. The molecule has 4 aromatic rings. The lowest BCUT2D eigenvalue weighted by Crippen LogP contribution is -1.81. The van der Waals surface area contributed by atoms with Gasteiger partial charge in [-0.2, -0.15) is 0 Å². The van der Waals surface area contributed by atoms with Gasteiger partial charge < -0.3 is 4.42 Å². The molecule has 0 spiro atoms. The Morgan fingerprint density at radius 3 is 2.54 bits per heavy atom. The van der Waals surface area contributed by atoms with Gasteiger partial charge in [0.15, 0.2) is 5.58 Å². The number of aliphatic imine (C=N–C) groups is 1. The monoisotopic (exact) mass is 400 g/mol. The first-order valence-electron chi connectivity index (χ1n) is 7.75. The van der Waals surface area contributed by atoms with Crippen molar-refractivity contribution in [3.63, 3.8) is 0 Å². The molecule has 0 fully saturated rings. The van der Waals surface area contributed by atoms with E-state index >= 15 is 0 Å². The van der Waals surface area contributed by atoms with Gasteiger partial charge in [0, 0.05) is 21.8 Å². The van der Waals surface area contributed by atoms with E-state index in [2.05, 4.69) is 9.98 Å². The molecule has 3 nitrogen and oxygen atoms in total. The van der Waals surface area contributed by atoms with E-state index in [1.807, 2.05) is 42.5 Å². The lowest BCUT2D eigenvalue weighted by atomic mass is 10.2. The van der Waals surface area contributed by atoms with E-state index in [1.165, 1.54) is 0 Å². The summed E-state index contributed by atoms with van der Waals surface area (Å²) in [7, 11) is 0. The van der Waals surface area contributed by atoms with Gasteiger partial charge in [-0.3, -0.25) is 4.99 Å².